The van der Waals surface area contributed by atoms with Crippen molar-refractivity contribution >= 4 is 11.7 Å². The lowest BCUT2D eigenvalue weighted by molar-refractivity contribution is 0.158. The maximum Gasteiger partial charge on any atom is 0.319 e. The second kappa shape index (κ2) is 6.24. The molecule has 0 saturated carbocycles. The Labute approximate surface area is 126 Å². The van der Waals surface area contributed by atoms with Crippen molar-refractivity contribution in [3.63, 3.8) is 0 Å². The number of carbonyl (C=O) groups excluding carboxylic acids is 1. The molecule has 0 unspecified atom stereocenters. The molecule has 1 fully saturated rings. The highest BCUT2D eigenvalue weighted by Crippen LogP contribution is 2.27. The Kier molecular flexibility index (Phi) is 4.60. The van der Waals surface area contributed by atoms with Crippen LogP contribution in [0.3, 0.4) is 0 Å². The largest absolute Gasteiger partial charge is 0.508 e. The molecule has 2 N–H and O–H groups in total. The number of piperidine rings is 1. The van der Waals surface area contributed by atoms with Crippen LogP contribution in [0.1, 0.15) is 24.0 Å². The molecular weight excluding hydrogens is 266 g/mol. The summed E-state index contributed by atoms with van der Waals surface area (Å²) >= 11 is 0. The van der Waals surface area contributed by atoms with Gasteiger partial charge >= 0.3 is 6.03 Å². The van der Waals surface area contributed by atoms with Crippen molar-refractivity contribution in [1.82, 2.24) is 9.80 Å². The first-order valence-electron chi connectivity index (χ1n) is 7.41. The normalized spacial score (nSPS) is 15.9. The van der Waals surface area contributed by atoms with Crippen LogP contribution in [0.15, 0.2) is 12.1 Å². The van der Waals surface area contributed by atoms with E-state index in [1.54, 1.807) is 25.1 Å². The molecule has 1 aliphatic rings. The number of rotatable bonds is 2. The number of nitrogens with zero attached hydrogens (tertiary/aromatic N) is 2. The van der Waals surface area contributed by atoms with Gasteiger partial charge in [0.1, 0.15) is 5.75 Å². The summed E-state index contributed by atoms with van der Waals surface area (Å²) < 4.78 is 0. The van der Waals surface area contributed by atoms with Crippen molar-refractivity contribution in [3.05, 3.63) is 23.3 Å². The van der Waals surface area contributed by atoms with Crippen molar-refractivity contribution in [2.75, 3.05) is 32.5 Å². The van der Waals surface area contributed by atoms with Gasteiger partial charge in [0.25, 0.3) is 0 Å². The number of urea groups is 1. The van der Waals surface area contributed by atoms with Gasteiger partial charge in [0, 0.05) is 38.9 Å². The van der Waals surface area contributed by atoms with E-state index in [-0.39, 0.29) is 6.03 Å². The Balaban J connectivity index is 1.95. The van der Waals surface area contributed by atoms with Crippen LogP contribution >= 0.6 is 0 Å². The molecule has 1 heterocycles. The monoisotopic (exact) mass is 291 g/mol. The number of benzene rings is 1. The summed E-state index contributed by atoms with van der Waals surface area (Å²) in [5, 5.41) is 13.2. The molecular formula is C16H25N3O2. The number of aromatic hydroxyl groups is 1. The molecule has 5 heteroatoms. The summed E-state index contributed by atoms with van der Waals surface area (Å²) in [4.78, 5) is 15.4. The molecule has 1 aromatic carbocycles. The molecule has 21 heavy (non-hydrogen) atoms. The van der Waals surface area contributed by atoms with Crippen molar-refractivity contribution in [1.29, 1.82) is 0 Å². The number of carbonyl (C=O) groups is 1. The van der Waals surface area contributed by atoms with Crippen molar-refractivity contribution in [2.24, 2.45) is 0 Å². The fourth-order valence-corrected chi connectivity index (χ4v) is 2.67. The second-order valence-corrected chi connectivity index (χ2v) is 6.04. The van der Waals surface area contributed by atoms with E-state index in [2.05, 4.69) is 5.32 Å². The van der Waals surface area contributed by atoms with E-state index in [0.717, 1.165) is 42.7 Å². The minimum absolute atomic E-state index is 0.0881. The molecule has 1 saturated heterocycles. The fourth-order valence-electron chi connectivity index (χ4n) is 2.67. The van der Waals surface area contributed by atoms with Gasteiger partial charge in [0.05, 0.1) is 0 Å². The van der Waals surface area contributed by atoms with E-state index in [4.69, 9.17) is 0 Å². The molecule has 2 amide bonds. The van der Waals surface area contributed by atoms with E-state index in [1.807, 2.05) is 24.8 Å². The van der Waals surface area contributed by atoms with Gasteiger partial charge in [-0.05, 0) is 49.9 Å². The zero-order valence-corrected chi connectivity index (χ0v) is 13.3. The summed E-state index contributed by atoms with van der Waals surface area (Å²) in [6.45, 7) is 5.46. The van der Waals surface area contributed by atoms with Crippen molar-refractivity contribution in [2.45, 2.75) is 32.7 Å². The minimum Gasteiger partial charge on any atom is -0.508 e. The summed E-state index contributed by atoms with van der Waals surface area (Å²) in [5.74, 6) is 0.337. The third-order valence-electron chi connectivity index (χ3n) is 4.05. The molecule has 1 aromatic rings. The van der Waals surface area contributed by atoms with Crippen LogP contribution in [0.2, 0.25) is 0 Å². The van der Waals surface area contributed by atoms with Gasteiger partial charge in [-0.15, -0.1) is 0 Å². The van der Waals surface area contributed by atoms with E-state index in [1.165, 1.54) is 0 Å². The average Bonchev–Trinajstić information content (AvgIpc) is 2.44. The van der Waals surface area contributed by atoms with E-state index >= 15 is 0 Å². The molecule has 0 aliphatic carbocycles. The third kappa shape index (κ3) is 3.60. The van der Waals surface area contributed by atoms with Crippen LogP contribution in [0.4, 0.5) is 10.5 Å². The molecule has 0 radical (unpaired) electrons. The van der Waals surface area contributed by atoms with Gasteiger partial charge in [0.15, 0.2) is 0 Å². The van der Waals surface area contributed by atoms with Gasteiger partial charge in [-0.2, -0.15) is 0 Å². The molecule has 5 nitrogen and oxygen atoms in total. The van der Waals surface area contributed by atoms with Crippen LogP contribution in [-0.2, 0) is 0 Å². The van der Waals surface area contributed by atoms with Crippen LogP contribution in [0, 0.1) is 13.8 Å². The lowest BCUT2D eigenvalue weighted by Crippen LogP contribution is -2.46. The highest BCUT2D eigenvalue weighted by atomic mass is 16.3. The second-order valence-electron chi connectivity index (χ2n) is 6.04. The van der Waals surface area contributed by atoms with Gasteiger partial charge < -0.3 is 20.2 Å². The number of hydrogen-bond acceptors (Lipinski definition) is 3. The predicted molar refractivity (Wildman–Crippen MR) is 84.9 cm³/mol. The zero-order chi connectivity index (χ0) is 15.6. The summed E-state index contributed by atoms with van der Waals surface area (Å²) in [5.41, 5.74) is 3.00. The predicted octanol–water partition coefficient (Wildman–Crippen LogP) is 2.57. The Morgan fingerprint density at radius 3 is 2.43 bits per heavy atom. The number of nitrogens with one attached hydrogen (secondary N) is 1. The van der Waals surface area contributed by atoms with Crippen molar-refractivity contribution < 1.29 is 9.90 Å². The standard InChI is InChI=1S/C16H25N3O2/c1-11-10-15(20)12(2)9-14(11)17-13-5-7-19(8-6-13)16(21)18(3)4/h9-10,13,17,20H,5-8H2,1-4H3. The number of hydrogen-bond donors (Lipinski definition) is 2. The molecule has 0 aromatic heterocycles. The summed E-state index contributed by atoms with van der Waals surface area (Å²) in [7, 11) is 3.57. The van der Waals surface area contributed by atoms with Crippen molar-refractivity contribution in [3.8, 4) is 5.75 Å². The first-order chi connectivity index (χ1) is 9.88. The molecule has 1 aliphatic heterocycles. The van der Waals surface area contributed by atoms with Gasteiger partial charge in [-0.25, -0.2) is 4.79 Å². The Bertz CT molecular complexity index is 520. The number of anilines is 1. The average molecular weight is 291 g/mol. The van der Waals surface area contributed by atoms with Crippen LogP contribution in [0.5, 0.6) is 5.75 Å². The molecule has 0 spiro atoms. The quantitative estimate of drug-likeness (QED) is 0.823. The Morgan fingerprint density at radius 1 is 1.24 bits per heavy atom. The number of phenols is 1. The first kappa shape index (κ1) is 15.5. The maximum absolute atomic E-state index is 11.9. The third-order valence-corrected chi connectivity index (χ3v) is 4.05. The Hall–Kier alpha value is -1.91. The van der Waals surface area contributed by atoms with Crippen LogP contribution in [0.25, 0.3) is 0 Å². The SMILES string of the molecule is Cc1cc(NC2CCN(C(=O)N(C)C)CC2)c(C)cc1O. The first-order valence-corrected chi connectivity index (χ1v) is 7.41. The topological polar surface area (TPSA) is 55.8 Å². The van der Waals surface area contributed by atoms with Gasteiger partial charge in [-0.3, -0.25) is 0 Å². The highest BCUT2D eigenvalue weighted by Gasteiger charge is 2.23. The molecule has 2 rings (SSSR count). The number of aryl methyl sites for hydroxylation is 2. The van der Waals surface area contributed by atoms with Gasteiger partial charge in [-0.1, -0.05) is 0 Å². The zero-order valence-electron chi connectivity index (χ0n) is 13.3. The van der Waals surface area contributed by atoms with E-state index < -0.39 is 0 Å². The number of likely N-dealkylation sites (tertiary alicyclic amines) is 1. The van der Waals surface area contributed by atoms with Crippen LogP contribution < -0.4 is 5.32 Å². The van der Waals surface area contributed by atoms with Gasteiger partial charge in [0.2, 0.25) is 0 Å². The molecule has 0 bridgehead atoms. The number of phenolic OH excluding ortho intramolecular Hbond substituents is 1. The summed E-state index contributed by atoms with van der Waals surface area (Å²) in [6, 6.07) is 4.24. The highest BCUT2D eigenvalue weighted by molar-refractivity contribution is 5.74. The van der Waals surface area contributed by atoms with Crippen LogP contribution in [-0.4, -0.2) is 54.2 Å². The summed E-state index contributed by atoms with van der Waals surface area (Å²) in [6.07, 6.45) is 1.89. The fraction of sp³-hybridized carbons (Fsp3) is 0.562. The lowest BCUT2D eigenvalue weighted by Gasteiger charge is -2.34. The molecule has 116 valence electrons. The Morgan fingerprint density at radius 2 is 1.86 bits per heavy atom. The number of amides is 2. The van der Waals surface area contributed by atoms with E-state index in [9.17, 15) is 9.90 Å². The lowest BCUT2D eigenvalue weighted by atomic mass is 10.0. The smallest absolute Gasteiger partial charge is 0.319 e. The maximum atomic E-state index is 11.9. The minimum atomic E-state index is 0.0881. The van der Waals surface area contributed by atoms with E-state index in [0.29, 0.717) is 11.8 Å². The molecule has 0 atom stereocenters.